The zero-order valence-corrected chi connectivity index (χ0v) is 17.7. The maximum Gasteiger partial charge on any atom is 0.265 e. The van der Waals surface area contributed by atoms with Crippen LogP contribution in [0.15, 0.2) is 5.10 Å². The number of rotatable bonds is 4. The zero-order valence-electron chi connectivity index (χ0n) is 16.9. The van der Waals surface area contributed by atoms with E-state index in [4.69, 9.17) is 0 Å². The number of nitrogens with zero attached hydrogens (tertiary/aromatic N) is 1. The molecule has 0 aromatic carbocycles. The van der Waals surface area contributed by atoms with Crippen molar-refractivity contribution in [2.24, 2.45) is 45.0 Å². The molecule has 6 fully saturated rings. The Hall–Kier alpha value is -0.950. The number of hydrogen-bond acceptors (Lipinski definition) is 4. The summed E-state index contributed by atoms with van der Waals surface area (Å²) in [6, 6.07) is 0. The zero-order chi connectivity index (χ0) is 19.9. The van der Waals surface area contributed by atoms with Gasteiger partial charge in [0.2, 0.25) is 5.91 Å². The molecule has 6 nitrogen and oxygen atoms in total. The van der Waals surface area contributed by atoms with Crippen LogP contribution in [-0.2, 0) is 14.9 Å². The van der Waals surface area contributed by atoms with Crippen LogP contribution in [0.2, 0.25) is 0 Å². The highest BCUT2D eigenvalue weighted by Crippen LogP contribution is 2.65. The molecule has 6 rings (SSSR count). The third kappa shape index (κ3) is 2.64. The number of carbonyl (C=O) groups excluding carboxylic acids is 1. The van der Waals surface area contributed by atoms with Crippen LogP contribution < -0.4 is 5.43 Å². The second-order valence-electron chi connectivity index (χ2n) is 11.2. The van der Waals surface area contributed by atoms with Gasteiger partial charge < -0.3 is 0 Å². The summed E-state index contributed by atoms with van der Waals surface area (Å²) in [5, 5.41) is 4.56. The van der Waals surface area contributed by atoms with Gasteiger partial charge in [0.25, 0.3) is 10.1 Å². The molecule has 0 aromatic heterocycles. The molecule has 2 unspecified atom stereocenters. The van der Waals surface area contributed by atoms with E-state index in [0.29, 0.717) is 36.5 Å². The molecule has 6 aliphatic rings. The van der Waals surface area contributed by atoms with Gasteiger partial charge in [-0.05, 0) is 86.9 Å². The van der Waals surface area contributed by atoms with Crippen molar-refractivity contribution < 1.29 is 17.8 Å². The van der Waals surface area contributed by atoms with E-state index in [2.05, 4.69) is 24.4 Å². The van der Waals surface area contributed by atoms with E-state index in [1.165, 1.54) is 19.3 Å². The van der Waals surface area contributed by atoms with Gasteiger partial charge in [0.1, 0.15) is 0 Å². The molecule has 2 N–H and O–H groups in total. The summed E-state index contributed by atoms with van der Waals surface area (Å²) < 4.78 is 33.2. The Morgan fingerprint density at radius 2 is 1.71 bits per heavy atom. The van der Waals surface area contributed by atoms with Crippen LogP contribution in [0.1, 0.15) is 71.6 Å². The Morgan fingerprint density at radius 3 is 2.21 bits per heavy atom. The van der Waals surface area contributed by atoms with Crippen molar-refractivity contribution in [3.05, 3.63) is 0 Å². The molecule has 0 saturated heterocycles. The van der Waals surface area contributed by atoms with Gasteiger partial charge in [0.05, 0.1) is 11.2 Å². The molecule has 1 amide bonds. The minimum absolute atomic E-state index is 0.0432. The molecular weight excluding hydrogens is 376 g/mol. The quantitative estimate of drug-likeness (QED) is 0.550. The van der Waals surface area contributed by atoms with Crippen molar-refractivity contribution in [3.63, 3.8) is 0 Å². The molecule has 28 heavy (non-hydrogen) atoms. The summed E-state index contributed by atoms with van der Waals surface area (Å²) >= 11 is 0. The smallest absolute Gasteiger partial charge is 0.265 e. The molecule has 0 aliphatic heterocycles. The van der Waals surface area contributed by atoms with Crippen LogP contribution >= 0.6 is 0 Å². The lowest BCUT2D eigenvalue weighted by atomic mass is 9.49. The fraction of sp³-hybridized carbons (Fsp3) is 0.905. The number of fused-ring (bicyclic) bond motifs is 2. The fourth-order valence-corrected chi connectivity index (χ4v) is 9.53. The molecule has 0 heterocycles. The maximum atomic E-state index is 13.2. The van der Waals surface area contributed by atoms with Crippen molar-refractivity contribution in [1.82, 2.24) is 5.43 Å². The SMILES string of the molecule is CC1(C)C2CCC1(CS(=O)(=O)O)C(=NNC(=O)C13CC4CC(CC(C4)C1)C3)C2. The van der Waals surface area contributed by atoms with Gasteiger partial charge in [0.15, 0.2) is 0 Å². The van der Waals surface area contributed by atoms with Gasteiger partial charge in [0, 0.05) is 11.1 Å². The van der Waals surface area contributed by atoms with Crippen LogP contribution in [0.5, 0.6) is 0 Å². The maximum absolute atomic E-state index is 13.2. The van der Waals surface area contributed by atoms with E-state index >= 15 is 0 Å². The summed E-state index contributed by atoms with van der Waals surface area (Å²) in [5.74, 6) is 2.17. The van der Waals surface area contributed by atoms with E-state index in [0.717, 1.165) is 31.4 Å². The minimum atomic E-state index is -4.12. The summed E-state index contributed by atoms with van der Waals surface area (Å²) in [5.41, 5.74) is 2.48. The highest BCUT2D eigenvalue weighted by Gasteiger charge is 2.64. The molecule has 2 atom stereocenters. The lowest BCUT2D eigenvalue weighted by molar-refractivity contribution is -0.146. The lowest BCUT2D eigenvalue weighted by Crippen LogP contribution is -2.53. The van der Waals surface area contributed by atoms with E-state index in [-0.39, 0.29) is 22.5 Å². The summed E-state index contributed by atoms with van der Waals surface area (Å²) in [4.78, 5) is 13.2. The first-order valence-electron chi connectivity index (χ1n) is 10.9. The van der Waals surface area contributed by atoms with E-state index < -0.39 is 15.5 Å². The number of nitrogens with one attached hydrogen (secondary N) is 1. The van der Waals surface area contributed by atoms with Crippen LogP contribution in [0, 0.1) is 39.9 Å². The molecule has 6 aliphatic carbocycles. The molecule has 6 saturated carbocycles. The van der Waals surface area contributed by atoms with E-state index in [1.54, 1.807) is 0 Å². The standard InChI is InChI=1S/C21H32N2O4S/c1-19(2)16-3-4-21(19,12-28(25,26)27)17(8-16)22-23-18(24)20-9-13-5-14(10-20)7-15(6-13)11-20/h13-16H,3-12H2,1-2H3,(H,23,24)(H,25,26,27). The minimum Gasteiger partial charge on any atom is -0.286 e. The van der Waals surface area contributed by atoms with Crippen LogP contribution in [0.3, 0.4) is 0 Å². The van der Waals surface area contributed by atoms with Crippen molar-refractivity contribution in [2.75, 3.05) is 5.75 Å². The second-order valence-corrected chi connectivity index (χ2v) is 12.6. The molecule has 6 bridgehead atoms. The monoisotopic (exact) mass is 408 g/mol. The molecule has 0 spiro atoms. The number of hydrazone groups is 1. The summed E-state index contributed by atoms with van der Waals surface area (Å²) in [6.45, 7) is 4.17. The van der Waals surface area contributed by atoms with Gasteiger partial charge in [-0.1, -0.05) is 13.8 Å². The number of amides is 1. The molecule has 0 radical (unpaired) electrons. The Morgan fingerprint density at radius 1 is 1.14 bits per heavy atom. The topological polar surface area (TPSA) is 95.8 Å². The molecule has 7 heteroatoms. The first kappa shape index (κ1) is 19.0. The Bertz CT molecular complexity index is 811. The second kappa shape index (κ2) is 5.81. The first-order valence-corrected chi connectivity index (χ1v) is 12.5. The average molecular weight is 409 g/mol. The van der Waals surface area contributed by atoms with Crippen molar-refractivity contribution in [3.8, 4) is 0 Å². The van der Waals surface area contributed by atoms with Gasteiger partial charge in [-0.25, -0.2) is 5.43 Å². The highest BCUT2D eigenvalue weighted by molar-refractivity contribution is 7.85. The van der Waals surface area contributed by atoms with Gasteiger partial charge in [-0.3, -0.25) is 9.35 Å². The van der Waals surface area contributed by atoms with Gasteiger partial charge in [-0.15, -0.1) is 0 Å². The average Bonchev–Trinajstić information content (AvgIpc) is 2.91. The third-order valence-corrected chi connectivity index (χ3v) is 10.3. The van der Waals surface area contributed by atoms with Crippen molar-refractivity contribution in [1.29, 1.82) is 0 Å². The predicted octanol–water partition coefficient (Wildman–Crippen LogP) is 3.39. The van der Waals surface area contributed by atoms with Crippen LogP contribution in [-0.4, -0.2) is 30.3 Å². The van der Waals surface area contributed by atoms with Crippen LogP contribution in [0.4, 0.5) is 0 Å². The molecular formula is C21H32N2O4S. The van der Waals surface area contributed by atoms with Crippen molar-refractivity contribution in [2.45, 2.75) is 71.6 Å². The van der Waals surface area contributed by atoms with E-state index in [9.17, 15) is 17.8 Å². The number of carbonyl (C=O) groups is 1. The normalized spacial score (nSPS) is 47.0. The largest absolute Gasteiger partial charge is 0.286 e. The lowest BCUT2D eigenvalue weighted by Gasteiger charge is -2.55. The van der Waals surface area contributed by atoms with Crippen LogP contribution in [0.25, 0.3) is 0 Å². The Balaban J connectivity index is 1.40. The highest BCUT2D eigenvalue weighted by atomic mass is 32.2. The Kier molecular flexibility index (Phi) is 3.95. The first-order chi connectivity index (χ1) is 13.0. The molecule has 156 valence electrons. The predicted molar refractivity (Wildman–Crippen MR) is 106 cm³/mol. The summed E-state index contributed by atoms with van der Waals surface area (Å²) in [7, 11) is -4.12. The van der Waals surface area contributed by atoms with Gasteiger partial charge >= 0.3 is 0 Å². The van der Waals surface area contributed by atoms with E-state index in [1.807, 2.05) is 0 Å². The van der Waals surface area contributed by atoms with Crippen molar-refractivity contribution >= 4 is 21.7 Å². The molecule has 0 aromatic rings. The summed E-state index contributed by atoms with van der Waals surface area (Å²) in [6.07, 6.45) is 9.18. The third-order valence-electron chi connectivity index (χ3n) is 9.41. The fourth-order valence-electron chi connectivity index (χ4n) is 8.23. The number of hydrogen-bond donors (Lipinski definition) is 2. The van der Waals surface area contributed by atoms with Gasteiger partial charge in [-0.2, -0.15) is 13.5 Å². The Labute approximate surface area is 167 Å².